The van der Waals surface area contributed by atoms with Gasteiger partial charge in [0.1, 0.15) is 5.75 Å². The highest BCUT2D eigenvalue weighted by molar-refractivity contribution is 7.22. The smallest absolute Gasteiger partial charge is 0.335 e. The molecule has 9 heteroatoms. The second-order valence-corrected chi connectivity index (χ2v) is 10.7. The number of phenols is 1. The van der Waals surface area contributed by atoms with Crippen molar-refractivity contribution in [3.05, 3.63) is 29.8 Å². The Labute approximate surface area is 239 Å². The molecule has 0 atom stereocenters. The number of hydrogen-bond donors (Lipinski definition) is 2. The molecule has 1 aliphatic carbocycles. The third-order valence-electron chi connectivity index (χ3n) is 7.45. The zero-order valence-corrected chi connectivity index (χ0v) is 24.0. The fourth-order valence-corrected chi connectivity index (χ4v) is 6.70. The van der Waals surface area contributed by atoms with Gasteiger partial charge in [0.05, 0.1) is 17.3 Å². The minimum Gasteiger partial charge on any atom is -1.00 e. The molecule has 0 amide bonds. The van der Waals surface area contributed by atoms with E-state index in [-0.39, 0.29) is 44.6 Å². The van der Waals surface area contributed by atoms with Gasteiger partial charge >= 0.3 is 5.13 Å². The van der Waals surface area contributed by atoms with Crippen molar-refractivity contribution in [1.29, 1.82) is 0 Å². The van der Waals surface area contributed by atoms with E-state index in [1.165, 1.54) is 73.6 Å². The predicted octanol–water partition coefficient (Wildman–Crippen LogP) is 3.22. The fraction of sp³-hybridized carbons (Fsp3) is 0.593. The molecular formula is C27H43Cl3N4OS. The molecule has 5 nitrogen and oxygen atoms in total. The van der Waals surface area contributed by atoms with Crippen LogP contribution in [0.1, 0.15) is 51.5 Å². The number of piperazine rings is 1. The molecule has 2 N–H and O–H groups in total. The Kier molecular flexibility index (Phi) is 13.6. The van der Waals surface area contributed by atoms with Gasteiger partial charge in [0, 0.05) is 49.1 Å². The number of fused-ring (bicyclic) bond motifs is 3. The molecule has 0 spiro atoms. The van der Waals surface area contributed by atoms with Crippen LogP contribution in [-0.2, 0) is 6.54 Å². The maximum atomic E-state index is 10.9. The summed E-state index contributed by atoms with van der Waals surface area (Å²) >= 11 is 1.83. The van der Waals surface area contributed by atoms with Crippen LogP contribution in [0.2, 0.25) is 0 Å². The van der Waals surface area contributed by atoms with E-state index in [1.807, 2.05) is 17.4 Å². The number of aryl methyl sites for hydroxylation is 2. The van der Waals surface area contributed by atoms with E-state index in [0.29, 0.717) is 11.8 Å². The zero-order valence-electron chi connectivity index (χ0n) is 20.8. The van der Waals surface area contributed by atoms with E-state index in [0.717, 1.165) is 35.8 Å². The molecular weight excluding hydrogens is 535 g/mol. The van der Waals surface area contributed by atoms with Crippen LogP contribution in [0.15, 0.2) is 24.3 Å². The zero-order chi connectivity index (χ0) is 22.1. The number of halogens is 3. The summed E-state index contributed by atoms with van der Waals surface area (Å²) in [6.45, 7) is 8.92. The Morgan fingerprint density at radius 1 is 1.03 bits per heavy atom. The van der Waals surface area contributed by atoms with E-state index in [1.54, 1.807) is 0 Å². The SMILES string of the molecule is C.Cc1c(O)c2ccccc2c2c1sc(NC1CCCCC1)[n+]2CCCN1CCN(C)CC1.Cl.Cl.[Cl-]. The molecule has 204 valence electrons. The molecule has 3 aromatic rings. The Morgan fingerprint density at radius 2 is 1.67 bits per heavy atom. The Morgan fingerprint density at radius 3 is 2.33 bits per heavy atom. The van der Waals surface area contributed by atoms with Crippen molar-refractivity contribution in [2.24, 2.45) is 0 Å². The van der Waals surface area contributed by atoms with Crippen LogP contribution in [-0.4, -0.2) is 60.7 Å². The summed E-state index contributed by atoms with van der Waals surface area (Å²) in [6.07, 6.45) is 7.70. The van der Waals surface area contributed by atoms with Crippen molar-refractivity contribution < 1.29 is 22.1 Å². The van der Waals surface area contributed by atoms with E-state index in [9.17, 15) is 5.11 Å². The molecule has 2 aromatic carbocycles. The van der Waals surface area contributed by atoms with E-state index < -0.39 is 0 Å². The van der Waals surface area contributed by atoms with Crippen molar-refractivity contribution in [3.63, 3.8) is 0 Å². The van der Waals surface area contributed by atoms with Gasteiger partial charge in [-0.25, -0.2) is 4.57 Å². The van der Waals surface area contributed by atoms with Crippen LogP contribution < -0.4 is 22.3 Å². The highest BCUT2D eigenvalue weighted by Gasteiger charge is 2.27. The van der Waals surface area contributed by atoms with Crippen LogP contribution in [0.4, 0.5) is 5.13 Å². The quantitative estimate of drug-likeness (QED) is 0.442. The lowest BCUT2D eigenvalue weighted by Crippen LogP contribution is -3.00. The third kappa shape index (κ3) is 6.89. The molecule has 2 aliphatic rings. The van der Waals surface area contributed by atoms with Crippen LogP contribution in [0.5, 0.6) is 5.75 Å². The number of hydrogen-bond acceptors (Lipinski definition) is 5. The number of nitrogens with one attached hydrogen (secondary N) is 1. The summed E-state index contributed by atoms with van der Waals surface area (Å²) in [5.41, 5.74) is 2.30. The number of anilines is 1. The normalized spacial score (nSPS) is 17.1. The number of likely N-dealkylation sites (N-methyl/N-ethyl adjacent to an activating group) is 1. The first-order valence-corrected chi connectivity index (χ1v) is 13.2. The van der Waals surface area contributed by atoms with Gasteiger partial charge in [-0.15, -0.1) is 24.8 Å². The Hall–Kier alpha value is -1.02. The van der Waals surface area contributed by atoms with Gasteiger partial charge in [-0.1, -0.05) is 32.0 Å². The first-order valence-electron chi connectivity index (χ1n) is 12.4. The van der Waals surface area contributed by atoms with Crippen molar-refractivity contribution in [2.45, 2.75) is 65.5 Å². The maximum absolute atomic E-state index is 10.9. The van der Waals surface area contributed by atoms with Crippen LogP contribution in [0.3, 0.4) is 0 Å². The van der Waals surface area contributed by atoms with E-state index in [2.05, 4.69) is 51.9 Å². The number of aromatic hydroxyl groups is 1. The topological polar surface area (TPSA) is 42.6 Å². The summed E-state index contributed by atoms with van der Waals surface area (Å²) in [4.78, 5) is 5.03. The summed E-state index contributed by atoms with van der Waals surface area (Å²) in [6, 6.07) is 8.92. The Balaban J connectivity index is 0.00000162. The van der Waals surface area contributed by atoms with Crippen molar-refractivity contribution in [1.82, 2.24) is 9.80 Å². The molecule has 1 saturated carbocycles. The largest absolute Gasteiger partial charge is 1.00 e. The van der Waals surface area contributed by atoms with Gasteiger partial charge in [-0.2, -0.15) is 0 Å². The molecule has 1 saturated heterocycles. The second-order valence-electron chi connectivity index (χ2n) is 9.73. The summed E-state index contributed by atoms with van der Waals surface area (Å²) in [7, 11) is 2.22. The standard InChI is InChI=1S/C26H36N4OS.CH4.3ClH/c1-19-24(31)22-12-7-6-11-21(22)23-25(19)32-26(27-20-9-4-3-5-10-20)30(23)14-8-13-29-17-15-28(2)16-18-29;;;;/h6-7,11-12,20,31H,3-5,8-10,13-18H2,1-2H3;1H4;3*1H. The average molecular weight is 578 g/mol. The highest BCUT2D eigenvalue weighted by atomic mass is 35.5. The van der Waals surface area contributed by atoms with Crippen molar-refractivity contribution >= 4 is 62.3 Å². The highest BCUT2D eigenvalue weighted by Crippen LogP contribution is 2.40. The molecule has 36 heavy (non-hydrogen) atoms. The van der Waals surface area contributed by atoms with Gasteiger partial charge in [-0.05, 0) is 63.5 Å². The van der Waals surface area contributed by atoms with Gasteiger partial charge in [0.15, 0.2) is 5.52 Å². The minimum absolute atomic E-state index is 0. The van der Waals surface area contributed by atoms with Crippen molar-refractivity contribution in [2.75, 3.05) is 45.1 Å². The molecule has 2 fully saturated rings. The number of aromatic nitrogens is 1. The summed E-state index contributed by atoms with van der Waals surface area (Å²) in [5.74, 6) is 0.433. The van der Waals surface area contributed by atoms with Gasteiger partial charge < -0.3 is 27.3 Å². The van der Waals surface area contributed by atoms with Gasteiger partial charge in [-0.3, -0.25) is 5.32 Å². The number of thiazole rings is 1. The number of rotatable bonds is 6. The lowest BCUT2D eigenvalue weighted by Gasteiger charge is -2.32. The van der Waals surface area contributed by atoms with Crippen LogP contribution in [0, 0.1) is 6.92 Å². The van der Waals surface area contributed by atoms with Gasteiger partial charge in [0.2, 0.25) is 0 Å². The third-order valence-corrected chi connectivity index (χ3v) is 8.68. The Bertz CT molecular complexity index is 1100. The maximum Gasteiger partial charge on any atom is 0.335 e. The predicted molar refractivity (Wildman–Crippen MR) is 156 cm³/mol. The van der Waals surface area contributed by atoms with Crippen LogP contribution >= 0.6 is 36.2 Å². The average Bonchev–Trinajstić information content (AvgIpc) is 3.18. The second kappa shape index (κ2) is 14.8. The molecule has 1 aromatic heterocycles. The molecule has 0 unspecified atom stereocenters. The minimum atomic E-state index is 0. The van der Waals surface area contributed by atoms with Crippen molar-refractivity contribution in [3.8, 4) is 5.75 Å². The molecule has 5 rings (SSSR count). The molecule has 1 aliphatic heterocycles. The first kappa shape index (κ1) is 33.0. The van der Waals surface area contributed by atoms with E-state index >= 15 is 0 Å². The fourth-order valence-electron chi connectivity index (χ4n) is 5.42. The summed E-state index contributed by atoms with van der Waals surface area (Å²) < 4.78 is 3.75. The van der Waals surface area contributed by atoms with E-state index in [4.69, 9.17) is 0 Å². The van der Waals surface area contributed by atoms with Crippen LogP contribution in [0.25, 0.3) is 21.0 Å². The number of phenolic OH excluding ortho intramolecular Hbond substituents is 1. The molecule has 0 bridgehead atoms. The number of nitrogens with zero attached hydrogens (tertiary/aromatic N) is 3. The molecule has 2 heterocycles. The van der Waals surface area contributed by atoms with Gasteiger partial charge in [0.25, 0.3) is 0 Å². The lowest BCUT2D eigenvalue weighted by molar-refractivity contribution is -0.653. The number of benzene rings is 2. The molecule has 0 radical (unpaired) electrons. The lowest BCUT2D eigenvalue weighted by atomic mass is 9.96. The first-order chi connectivity index (χ1) is 15.6. The monoisotopic (exact) mass is 576 g/mol. The summed E-state index contributed by atoms with van der Waals surface area (Å²) in [5, 5.41) is 18.2.